The van der Waals surface area contributed by atoms with Crippen LogP contribution in [0.5, 0.6) is 0 Å². The molecule has 0 atom stereocenters. The lowest BCUT2D eigenvalue weighted by Gasteiger charge is -2.26. The largest absolute Gasteiger partial charge is 0.465 e. The smallest absolute Gasteiger partial charge is 0.268 e. The van der Waals surface area contributed by atoms with Gasteiger partial charge in [0.15, 0.2) is 0 Å². The number of carbonyl (C=O) groups is 1. The number of aromatic amines is 1. The Labute approximate surface area is 156 Å². The number of rotatable bonds is 5. The van der Waals surface area contributed by atoms with E-state index >= 15 is 0 Å². The van der Waals surface area contributed by atoms with Crippen LogP contribution < -0.4 is 5.32 Å². The number of aromatic nitrogens is 1. The van der Waals surface area contributed by atoms with Crippen LogP contribution in [0.25, 0.3) is 10.2 Å². The van der Waals surface area contributed by atoms with Crippen molar-refractivity contribution in [2.24, 2.45) is 0 Å². The zero-order valence-electron chi connectivity index (χ0n) is 15.1. The molecule has 3 aromatic rings. The Kier molecular flexibility index (Phi) is 4.84. The first-order chi connectivity index (χ1) is 12.6. The van der Waals surface area contributed by atoms with Crippen LogP contribution >= 0.6 is 11.3 Å². The molecule has 6 nitrogen and oxygen atoms in total. The van der Waals surface area contributed by atoms with Gasteiger partial charge in [0.2, 0.25) is 0 Å². The van der Waals surface area contributed by atoms with Crippen molar-refractivity contribution in [2.75, 3.05) is 26.3 Å². The second-order valence-corrected chi connectivity index (χ2v) is 7.90. The lowest BCUT2D eigenvalue weighted by molar-refractivity contribution is 0.0343. The number of thiophene rings is 1. The maximum atomic E-state index is 12.5. The van der Waals surface area contributed by atoms with Crippen LogP contribution in [0.4, 0.5) is 0 Å². The lowest BCUT2D eigenvalue weighted by Crippen LogP contribution is -2.35. The van der Waals surface area contributed by atoms with Crippen molar-refractivity contribution in [2.45, 2.75) is 26.9 Å². The van der Waals surface area contributed by atoms with Gasteiger partial charge in [-0.3, -0.25) is 9.69 Å². The Morgan fingerprint density at radius 2 is 2.12 bits per heavy atom. The third-order valence-electron chi connectivity index (χ3n) is 4.72. The van der Waals surface area contributed by atoms with Crippen LogP contribution in [-0.2, 0) is 17.8 Å². The molecule has 1 aliphatic heterocycles. The number of H-pyrrole nitrogens is 1. The van der Waals surface area contributed by atoms with Crippen LogP contribution in [0.15, 0.2) is 22.6 Å². The number of carbonyl (C=O) groups excluding carboxylic acids is 1. The van der Waals surface area contributed by atoms with Crippen molar-refractivity contribution in [1.82, 2.24) is 15.2 Å². The summed E-state index contributed by atoms with van der Waals surface area (Å²) in [6.07, 6.45) is 0. The molecular weight excluding hydrogens is 350 g/mol. The highest BCUT2D eigenvalue weighted by Gasteiger charge is 2.19. The second kappa shape index (κ2) is 7.26. The molecule has 0 bridgehead atoms. The van der Waals surface area contributed by atoms with Crippen LogP contribution in [-0.4, -0.2) is 42.1 Å². The minimum atomic E-state index is -0.113. The quantitative estimate of drug-likeness (QED) is 0.721. The number of fused-ring (bicyclic) bond motifs is 1. The van der Waals surface area contributed by atoms with Gasteiger partial charge in [-0.25, -0.2) is 0 Å². The fourth-order valence-electron chi connectivity index (χ4n) is 3.28. The van der Waals surface area contributed by atoms with Gasteiger partial charge in [0, 0.05) is 30.1 Å². The highest BCUT2D eigenvalue weighted by Crippen LogP contribution is 2.32. The predicted molar refractivity (Wildman–Crippen MR) is 102 cm³/mol. The number of furan rings is 1. The molecule has 1 saturated heterocycles. The van der Waals surface area contributed by atoms with E-state index in [1.165, 1.54) is 10.4 Å². The van der Waals surface area contributed by atoms with E-state index in [9.17, 15) is 4.79 Å². The van der Waals surface area contributed by atoms with Gasteiger partial charge in [0.05, 0.1) is 30.0 Å². The van der Waals surface area contributed by atoms with Gasteiger partial charge in [0.25, 0.3) is 5.91 Å². The van der Waals surface area contributed by atoms with Gasteiger partial charge >= 0.3 is 0 Å². The Hall–Kier alpha value is -2.09. The number of amides is 1. The van der Waals surface area contributed by atoms with E-state index in [0.717, 1.165) is 54.6 Å². The number of hydrogen-bond donors (Lipinski definition) is 2. The summed E-state index contributed by atoms with van der Waals surface area (Å²) in [6.45, 7) is 8.80. The molecule has 138 valence electrons. The summed E-state index contributed by atoms with van der Waals surface area (Å²) < 4.78 is 12.1. The van der Waals surface area contributed by atoms with E-state index in [1.54, 1.807) is 11.3 Å². The van der Waals surface area contributed by atoms with Crippen molar-refractivity contribution >= 4 is 27.5 Å². The van der Waals surface area contributed by atoms with E-state index in [4.69, 9.17) is 9.15 Å². The standard InChI is InChI=1S/C19H23N3O3S/c1-12-3-4-14(25-12)10-20-19(23)16-9-17-18(21-16)15(13(2)26-17)11-22-5-7-24-8-6-22/h3-4,9,21H,5-8,10-11H2,1-2H3,(H,20,23). The van der Waals surface area contributed by atoms with E-state index in [0.29, 0.717) is 12.2 Å². The first kappa shape index (κ1) is 17.3. The van der Waals surface area contributed by atoms with Gasteiger partial charge in [-0.05, 0) is 32.0 Å². The van der Waals surface area contributed by atoms with Gasteiger partial charge < -0.3 is 19.5 Å². The van der Waals surface area contributed by atoms with Crippen molar-refractivity contribution in [3.05, 3.63) is 45.9 Å². The van der Waals surface area contributed by atoms with Gasteiger partial charge in [-0.1, -0.05) is 0 Å². The number of aryl methyl sites for hydroxylation is 2. The minimum absolute atomic E-state index is 0.113. The second-order valence-electron chi connectivity index (χ2n) is 6.64. The highest BCUT2D eigenvalue weighted by atomic mass is 32.1. The molecule has 0 aliphatic carbocycles. The normalized spacial score (nSPS) is 15.6. The van der Waals surface area contributed by atoms with Gasteiger partial charge in [0.1, 0.15) is 17.2 Å². The fourth-order valence-corrected chi connectivity index (χ4v) is 4.35. The number of hydrogen-bond acceptors (Lipinski definition) is 5. The van der Waals surface area contributed by atoms with Gasteiger partial charge in [-0.2, -0.15) is 0 Å². The summed E-state index contributed by atoms with van der Waals surface area (Å²) in [5, 5.41) is 2.91. The molecule has 0 spiro atoms. The number of morpholine rings is 1. The molecule has 1 amide bonds. The molecule has 0 saturated carbocycles. The van der Waals surface area contributed by atoms with Crippen molar-refractivity contribution < 1.29 is 13.9 Å². The predicted octanol–water partition coefficient (Wildman–Crippen LogP) is 3.20. The Morgan fingerprint density at radius 1 is 1.31 bits per heavy atom. The lowest BCUT2D eigenvalue weighted by atomic mass is 10.2. The maximum absolute atomic E-state index is 12.5. The monoisotopic (exact) mass is 373 g/mol. The first-order valence-corrected chi connectivity index (χ1v) is 9.66. The summed E-state index contributed by atoms with van der Waals surface area (Å²) in [5.74, 6) is 1.49. The van der Waals surface area contributed by atoms with E-state index in [1.807, 2.05) is 25.1 Å². The van der Waals surface area contributed by atoms with Crippen LogP contribution in [0, 0.1) is 13.8 Å². The van der Waals surface area contributed by atoms with Crippen molar-refractivity contribution in [3.8, 4) is 0 Å². The van der Waals surface area contributed by atoms with E-state index < -0.39 is 0 Å². The third kappa shape index (κ3) is 3.56. The van der Waals surface area contributed by atoms with Crippen LogP contribution in [0.2, 0.25) is 0 Å². The van der Waals surface area contributed by atoms with Crippen LogP contribution in [0.1, 0.15) is 32.4 Å². The molecule has 0 aromatic carbocycles. The highest BCUT2D eigenvalue weighted by molar-refractivity contribution is 7.19. The summed E-state index contributed by atoms with van der Waals surface area (Å²) in [4.78, 5) is 19.5. The Balaban J connectivity index is 1.48. The number of ether oxygens (including phenoxy) is 1. The molecule has 3 aromatic heterocycles. The van der Waals surface area contributed by atoms with Crippen molar-refractivity contribution in [1.29, 1.82) is 0 Å². The fraction of sp³-hybridized carbons (Fsp3) is 0.421. The SMILES string of the molecule is Cc1ccc(CNC(=O)c2cc3sc(C)c(CN4CCOCC4)c3[nH]2)o1. The third-order valence-corrected chi connectivity index (χ3v) is 5.82. The molecule has 26 heavy (non-hydrogen) atoms. The molecule has 2 N–H and O–H groups in total. The molecule has 1 aliphatic rings. The Bertz CT molecular complexity index is 918. The molecule has 4 rings (SSSR count). The average molecular weight is 373 g/mol. The first-order valence-electron chi connectivity index (χ1n) is 8.85. The topological polar surface area (TPSA) is 70.5 Å². The number of nitrogens with one attached hydrogen (secondary N) is 2. The van der Waals surface area contributed by atoms with E-state index in [2.05, 4.69) is 22.1 Å². The zero-order valence-corrected chi connectivity index (χ0v) is 15.9. The summed E-state index contributed by atoms with van der Waals surface area (Å²) in [6, 6.07) is 5.72. The molecule has 4 heterocycles. The summed E-state index contributed by atoms with van der Waals surface area (Å²) in [7, 11) is 0. The van der Waals surface area contributed by atoms with Gasteiger partial charge in [-0.15, -0.1) is 11.3 Å². The van der Waals surface area contributed by atoms with Crippen molar-refractivity contribution in [3.63, 3.8) is 0 Å². The number of nitrogens with zero attached hydrogens (tertiary/aromatic N) is 1. The molecule has 1 fully saturated rings. The maximum Gasteiger partial charge on any atom is 0.268 e. The molecule has 0 unspecified atom stereocenters. The average Bonchev–Trinajstić information content (AvgIpc) is 3.31. The summed E-state index contributed by atoms with van der Waals surface area (Å²) in [5.41, 5.74) is 2.96. The molecule has 7 heteroatoms. The summed E-state index contributed by atoms with van der Waals surface area (Å²) >= 11 is 1.74. The van der Waals surface area contributed by atoms with E-state index in [-0.39, 0.29) is 5.91 Å². The zero-order chi connectivity index (χ0) is 18.1. The molecule has 0 radical (unpaired) electrons. The minimum Gasteiger partial charge on any atom is -0.465 e. The Morgan fingerprint density at radius 3 is 2.85 bits per heavy atom. The van der Waals surface area contributed by atoms with Crippen LogP contribution in [0.3, 0.4) is 0 Å². The molecular formula is C19H23N3O3S.